The van der Waals surface area contributed by atoms with Gasteiger partial charge in [-0.1, -0.05) is 0 Å². The summed E-state index contributed by atoms with van der Waals surface area (Å²) in [5.41, 5.74) is 0. The van der Waals surface area contributed by atoms with Gasteiger partial charge in [0.1, 0.15) is 0 Å². The van der Waals surface area contributed by atoms with E-state index in [4.69, 9.17) is 0 Å². The highest BCUT2D eigenvalue weighted by Gasteiger charge is 2.26. The van der Waals surface area contributed by atoms with E-state index >= 15 is 0 Å². The van der Waals surface area contributed by atoms with Gasteiger partial charge in [0.2, 0.25) is 0 Å². The van der Waals surface area contributed by atoms with Crippen LogP contribution in [0.25, 0.3) is 0 Å². The lowest BCUT2D eigenvalue weighted by Crippen LogP contribution is -2.44. The first-order valence-corrected chi connectivity index (χ1v) is 7.91. The summed E-state index contributed by atoms with van der Waals surface area (Å²) in [5.74, 6) is 0. The Kier molecular flexibility index (Phi) is 6.51. The van der Waals surface area contributed by atoms with Crippen LogP contribution in [-0.2, 0) is 10.2 Å². The molecule has 0 aromatic rings. The zero-order valence-electron chi connectivity index (χ0n) is 11.7. The van der Waals surface area contributed by atoms with Gasteiger partial charge < -0.3 is 10.2 Å². The van der Waals surface area contributed by atoms with Crippen molar-refractivity contribution in [3.63, 3.8) is 0 Å². The lowest BCUT2D eigenvalue weighted by atomic mass is 10.4. The molecule has 0 amide bonds. The van der Waals surface area contributed by atoms with Gasteiger partial charge in [0.05, 0.1) is 0 Å². The van der Waals surface area contributed by atoms with E-state index in [1.54, 1.807) is 11.4 Å². The van der Waals surface area contributed by atoms with Crippen molar-refractivity contribution in [3.05, 3.63) is 0 Å². The molecule has 1 saturated heterocycles. The van der Waals surface area contributed by atoms with Crippen LogP contribution in [-0.4, -0.2) is 82.3 Å². The predicted molar refractivity (Wildman–Crippen MR) is 73.8 cm³/mol. The number of hydrogen-bond acceptors (Lipinski definition) is 4. The van der Waals surface area contributed by atoms with Crippen LogP contribution in [0.15, 0.2) is 0 Å². The molecular weight excluding hydrogens is 252 g/mol. The van der Waals surface area contributed by atoms with E-state index < -0.39 is 10.2 Å². The second-order valence-corrected chi connectivity index (χ2v) is 7.02. The summed E-state index contributed by atoms with van der Waals surface area (Å²) in [6.07, 6.45) is 1.74. The van der Waals surface area contributed by atoms with Crippen molar-refractivity contribution in [3.8, 4) is 0 Å². The molecule has 0 bridgehead atoms. The fourth-order valence-corrected chi connectivity index (χ4v) is 3.41. The maximum atomic E-state index is 12.3. The molecule has 1 aliphatic heterocycles. The van der Waals surface area contributed by atoms with E-state index in [1.807, 2.05) is 14.1 Å². The minimum Gasteiger partial charge on any atom is -0.315 e. The molecule has 7 heteroatoms. The van der Waals surface area contributed by atoms with Crippen LogP contribution in [0, 0.1) is 0 Å². The Morgan fingerprint density at radius 1 is 1.11 bits per heavy atom. The van der Waals surface area contributed by atoms with Gasteiger partial charge in [0.15, 0.2) is 0 Å². The third-order valence-electron chi connectivity index (χ3n) is 3.10. The molecule has 0 saturated carbocycles. The van der Waals surface area contributed by atoms with Crippen molar-refractivity contribution in [1.82, 2.24) is 18.8 Å². The first-order valence-electron chi connectivity index (χ1n) is 6.51. The van der Waals surface area contributed by atoms with Crippen LogP contribution in [0.5, 0.6) is 0 Å². The predicted octanol–water partition coefficient (Wildman–Crippen LogP) is -0.590. The van der Waals surface area contributed by atoms with Crippen LogP contribution < -0.4 is 5.32 Å². The van der Waals surface area contributed by atoms with Crippen molar-refractivity contribution in [2.45, 2.75) is 12.8 Å². The summed E-state index contributed by atoms with van der Waals surface area (Å²) in [6.45, 7) is 4.31. The molecule has 1 rings (SSSR count). The zero-order chi connectivity index (χ0) is 13.6. The molecule has 0 unspecified atom stereocenters. The molecule has 0 radical (unpaired) electrons. The van der Waals surface area contributed by atoms with Gasteiger partial charge in [-0.2, -0.15) is 17.0 Å². The number of nitrogens with zero attached hydrogens (tertiary/aromatic N) is 3. The van der Waals surface area contributed by atoms with Crippen LogP contribution >= 0.6 is 0 Å². The summed E-state index contributed by atoms with van der Waals surface area (Å²) >= 11 is 0. The molecule has 0 aromatic heterocycles. The topological polar surface area (TPSA) is 55.9 Å². The summed E-state index contributed by atoms with van der Waals surface area (Å²) in [4.78, 5) is 2.07. The molecule has 108 valence electrons. The second-order valence-electron chi connectivity index (χ2n) is 4.99. The van der Waals surface area contributed by atoms with E-state index in [2.05, 4.69) is 10.2 Å². The smallest absolute Gasteiger partial charge is 0.281 e. The maximum absolute atomic E-state index is 12.3. The van der Waals surface area contributed by atoms with Gasteiger partial charge in [-0.05, 0) is 40.0 Å². The molecule has 1 fully saturated rings. The van der Waals surface area contributed by atoms with Crippen molar-refractivity contribution < 1.29 is 8.42 Å². The van der Waals surface area contributed by atoms with Crippen molar-refractivity contribution >= 4 is 10.2 Å². The molecule has 1 N–H and O–H groups in total. The Labute approximate surface area is 111 Å². The van der Waals surface area contributed by atoms with Crippen LogP contribution in [0.1, 0.15) is 12.8 Å². The van der Waals surface area contributed by atoms with Crippen molar-refractivity contribution in [2.24, 2.45) is 0 Å². The Morgan fingerprint density at radius 2 is 1.83 bits per heavy atom. The standard InChI is InChI=1S/C11H26N4O2S/c1-13(2)8-5-9-14(3)18(16,17)15-10-4-6-12-7-11-15/h12H,4-11H2,1-3H3. The van der Waals surface area contributed by atoms with Crippen molar-refractivity contribution in [2.75, 3.05) is 60.4 Å². The highest BCUT2D eigenvalue weighted by Crippen LogP contribution is 2.09. The molecule has 0 spiro atoms. The number of nitrogens with one attached hydrogen (secondary N) is 1. The van der Waals surface area contributed by atoms with Gasteiger partial charge >= 0.3 is 0 Å². The first kappa shape index (κ1) is 15.8. The van der Waals surface area contributed by atoms with Gasteiger partial charge in [-0.25, -0.2) is 0 Å². The Morgan fingerprint density at radius 3 is 2.50 bits per heavy atom. The van der Waals surface area contributed by atoms with E-state index in [1.165, 1.54) is 4.31 Å². The van der Waals surface area contributed by atoms with E-state index in [0.29, 0.717) is 19.6 Å². The Bertz CT molecular complexity index is 324. The van der Waals surface area contributed by atoms with Gasteiger partial charge in [0, 0.05) is 33.2 Å². The average Bonchev–Trinajstić information content (AvgIpc) is 2.57. The number of hydrogen-bond donors (Lipinski definition) is 1. The minimum absolute atomic E-state index is 0.570. The summed E-state index contributed by atoms with van der Waals surface area (Å²) < 4.78 is 27.7. The summed E-state index contributed by atoms with van der Waals surface area (Å²) in [7, 11) is 2.38. The molecule has 6 nitrogen and oxygen atoms in total. The first-order chi connectivity index (χ1) is 8.44. The molecule has 0 atom stereocenters. The van der Waals surface area contributed by atoms with E-state index in [0.717, 1.165) is 32.5 Å². The maximum Gasteiger partial charge on any atom is 0.281 e. The molecule has 1 aliphatic rings. The quantitative estimate of drug-likeness (QED) is 0.706. The highest BCUT2D eigenvalue weighted by molar-refractivity contribution is 7.86. The lowest BCUT2D eigenvalue weighted by Gasteiger charge is -2.26. The van der Waals surface area contributed by atoms with Crippen LogP contribution in [0.2, 0.25) is 0 Å². The SMILES string of the molecule is CN(C)CCCN(C)S(=O)(=O)N1CCCNCC1. The van der Waals surface area contributed by atoms with E-state index in [-0.39, 0.29) is 0 Å². The normalized spacial score (nSPS) is 19.4. The fraction of sp³-hybridized carbons (Fsp3) is 1.00. The van der Waals surface area contributed by atoms with Crippen LogP contribution in [0.3, 0.4) is 0 Å². The largest absolute Gasteiger partial charge is 0.315 e. The van der Waals surface area contributed by atoms with Crippen LogP contribution in [0.4, 0.5) is 0 Å². The monoisotopic (exact) mass is 278 g/mol. The Balaban J connectivity index is 2.49. The molecule has 18 heavy (non-hydrogen) atoms. The van der Waals surface area contributed by atoms with Gasteiger partial charge in [-0.15, -0.1) is 0 Å². The highest BCUT2D eigenvalue weighted by atomic mass is 32.2. The molecular formula is C11H26N4O2S. The Hall–Kier alpha value is -0.210. The fourth-order valence-electron chi connectivity index (χ4n) is 1.97. The third-order valence-corrected chi connectivity index (χ3v) is 5.09. The third kappa shape index (κ3) is 4.81. The van der Waals surface area contributed by atoms with Crippen molar-refractivity contribution in [1.29, 1.82) is 0 Å². The average molecular weight is 278 g/mol. The molecule has 0 aromatic carbocycles. The van der Waals surface area contributed by atoms with Gasteiger partial charge in [0.25, 0.3) is 10.2 Å². The zero-order valence-corrected chi connectivity index (χ0v) is 12.5. The molecule has 1 heterocycles. The lowest BCUT2D eigenvalue weighted by molar-refractivity contribution is 0.343. The summed E-state index contributed by atoms with van der Waals surface area (Å²) in [5, 5.41) is 3.22. The molecule has 0 aliphatic carbocycles. The van der Waals surface area contributed by atoms with Gasteiger partial charge in [-0.3, -0.25) is 0 Å². The minimum atomic E-state index is -3.28. The number of rotatable bonds is 6. The second kappa shape index (κ2) is 7.40. The van der Waals surface area contributed by atoms with E-state index in [9.17, 15) is 8.42 Å². The summed E-state index contributed by atoms with van der Waals surface area (Å²) in [6, 6.07) is 0.